The molecule has 0 radical (unpaired) electrons. The van der Waals surface area contributed by atoms with E-state index in [2.05, 4.69) is 0 Å². The normalized spacial score (nSPS) is 10.5. The standard InChI is InChI=1S/C26H16F2O3/c27-21-13-5-1-9-17(21)25(29)19-11-3-7-15-23(19)31-24-16-8-4-12-20(24)26(30)18-10-2-6-14-22(18)28/h1-16H. The van der Waals surface area contributed by atoms with E-state index in [1.54, 1.807) is 48.5 Å². The predicted molar refractivity (Wildman–Crippen MR) is 113 cm³/mol. The second kappa shape index (κ2) is 8.71. The fourth-order valence-electron chi connectivity index (χ4n) is 3.19. The van der Waals surface area contributed by atoms with Gasteiger partial charge in [0.25, 0.3) is 0 Å². The van der Waals surface area contributed by atoms with Crippen LogP contribution in [0.4, 0.5) is 8.78 Å². The molecule has 0 aliphatic carbocycles. The van der Waals surface area contributed by atoms with E-state index in [0.717, 1.165) is 0 Å². The lowest BCUT2D eigenvalue weighted by Crippen LogP contribution is -2.08. The zero-order valence-corrected chi connectivity index (χ0v) is 16.2. The highest BCUT2D eigenvalue weighted by Gasteiger charge is 2.21. The molecule has 0 spiro atoms. The first kappa shape index (κ1) is 20.2. The second-order valence-corrected chi connectivity index (χ2v) is 6.71. The Morgan fingerprint density at radius 3 is 1.19 bits per heavy atom. The van der Waals surface area contributed by atoms with Gasteiger partial charge < -0.3 is 4.74 Å². The Balaban J connectivity index is 1.73. The molecule has 0 N–H and O–H groups in total. The predicted octanol–water partition coefficient (Wildman–Crippen LogP) is 6.22. The minimum absolute atomic E-state index is 0.0886. The first-order valence-corrected chi connectivity index (χ1v) is 9.50. The third-order valence-corrected chi connectivity index (χ3v) is 4.72. The lowest BCUT2D eigenvalue weighted by Gasteiger charge is -2.14. The van der Waals surface area contributed by atoms with Gasteiger partial charge in [-0.3, -0.25) is 9.59 Å². The summed E-state index contributed by atoms with van der Waals surface area (Å²) in [5.41, 5.74) is 0.102. The van der Waals surface area contributed by atoms with E-state index >= 15 is 0 Å². The molecule has 4 rings (SSSR count). The highest BCUT2D eigenvalue weighted by atomic mass is 19.1. The number of carbonyl (C=O) groups is 2. The van der Waals surface area contributed by atoms with Gasteiger partial charge in [0.15, 0.2) is 11.6 Å². The van der Waals surface area contributed by atoms with Gasteiger partial charge in [0.1, 0.15) is 23.1 Å². The first-order chi connectivity index (χ1) is 15.1. The van der Waals surface area contributed by atoms with Crippen molar-refractivity contribution in [2.45, 2.75) is 0 Å². The van der Waals surface area contributed by atoms with Crippen molar-refractivity contribution in [1.82, 2.24) is 0 Å². The summed E-state index contributed by atoms with van der Waals surface area (Å²) in [6.07, 6.45) is 0. The molecule has 0 saturated carbocycles. The van der Waals surface area contributed by atoms with Gasteiger partial charge in [-0.05, 0) is 48.5 Å². The van der Waals surface area contributed by atoms with Crippen molar-refractivity contribution < 1.29 is 23.1 Å². The quantitative estimate of drug-likeness (QED) is 0.352. The zero-order chi connectivity index (χ0) is 21.8. The van der Waals surface area contributed by atoms with E-state index in [9.17, 15) is 18.4 Å². The number of hydrogen-bond acceptors (Lipinski definition) is 3. The highest BCUT2D eigenvalue weighted by molar-refractivity contribution is 6.12. The summed E-state index contributed by atoms with van der Waals surface area (Å²) < 4.78 is 34.2. The van der Waals surface area contributed by atoms with Crippen LogP contribution in [0.2, 0.25) is 0 Å². The van der Waals surface area contributed by atoms with Gasteiger partial charge in [-0.2, -0.15) is 0 Å². The minimum atomic E-state index is -0.641. The van der Waals surface area contributed by atoms with Crippen LogP contribution in [0.1, 0.15) is 31.8 Å². The van der Waals surface area contributed by atoms with Crippen molar-refractivity contribution in [2.24, 2.45) is 0 Å². The molecule has 0 atom stereocenters. The Morgan fingerprint density at radius 2 is 0.806 bits per heavy atom. The maximum atomic E-state index is 14.1. The summed E-state index contributed by atoms with van der Waals surface area (Å²) in [5.74, 6) is -2.07. The molecular weight excluding hydrogens is 398 g/mol. The van der Waals surface area contributed by atoms with Crippen molar-refractivity contribution in [3.63, 3.8) is 0 Å². The van der Waals surface area contributed by atoms with Crippen molar-refractivity contribution in [2.75, 3.05) is 0 Å². The van der Waals surface area contributed by atoms with E-state index in [0.29, 0.717) is 0 Å². The van der Waals surface area contributed by atoms with Gasteiger partial charge in [0.2, 0.25) is 0 Å². The third-order valence-electron chi connectivity index (χ3n) is 4.72. The number of rotatable bonds is 6. The van der Waals surface area contributed by atoms with Gasteiger partial charge in [-0.1, -0.05) is 48.5 Å². The largest absolute Gasteiger partial charge is 0.456 e. The fourth-order valence-corrected chi connectivity index (χ4v) is 3.19. The first-order valence-electron chi connectivity index (χ1n) is 9.50. The number of hydrogen-bond donors (Lipinski definition) is 0. The van der Waals surface area contributed by atoms with E-state index in [4.69, 9.17) is 4.74 Å². The summed E-state index contributed by atoms with van der Waals surface area (Å²) in [4.78, 5) is 25.9. The van der Waals surface area contributed by atoms with Crippen LogP contribution in [-0.4, -0.2) is 11.6 Å². The summed E-state index contributed by atoms with van der Waals surface area (Å²) >= 11 is 0. The van der Waals surface area contributed by atoms with Gasteiger partial charge in [-0.25, -0.2) is 8.78 Å². The topological polar surface area (TPSA) is 43.4 Å². The van der Waals surface area contributed by atoms with Gasteiger partial charge in [0, 0.05) is 0 Å². The summed E-state index contributed by atoms with van der Waals surface area (Å²) in [6.45, 7) is 0. The number of ketones is 2. The van der Waals surface area contributed by atoms with E-state index in [1.165, 1.54) is 48.5 Å². The van der Waals surface area contributed by atoms with Crippen LogP contribution in [0.5, 0.6) is 11.5 Å². The Hall–Kier alpha value is -4.12. The number of para-hydroxylation sites is 2. The minimum Gasteiger partial charge on any atom is -0.456 e. The highest BCUT2D eigenvalue weighted by Crippen LogP contribution is 2.31. The van der Waals surface area contributed by atoms with Crippen molar-refractivity contribution in [3.8, 4) is 11.5 Å². The van der Waals surface area contributed by atoms with Crippen LogP contribution in [-0.2, 0) is 0 Å². The monoisotopic (exact) mass is 414 g/mol. The number of halogens is 2. The number of benzene rings is 4. The molecule has 0 aromatic heterocycles. The maximum absolute atomic E-state index is 14.1. The molecule has 0 amide bonds. The van der Waals surface area contributed by atoms with Gasteiger partial charge in [0.05, 0.1) is 22.3 Å². The van der Waals surface area contributed by atoms with E-state index in [1.807, 2.05) is 0 Å². The molecule has 0 unspecified atom stereocenters. The fraction of sp³-hybridized carbons (Fsp3) is 0. The molecule has 0 bridgehead atoms. The zero-order valence-electron chi connectivity index (χ0n) is 16.2. The summed E-state index contributed by atoms with van der Waals surface area (Å²) in [6, 6.07) is 24.1. The van der Waals surface area contributed by atoms with Crippen LogP contribution in [0.25, 0.3) is 0 Å². The lowest BCUT2D eigenvalue weighted by atomic mass is 10.0. The molecule has 0 fully saturated rings. The molecular formula is C26H16F2O3. The molecule has 0 heterocycles. The molecule has 152 valence electrons. The van der Waals surface area contributed by atoms with Crippen LogP contribution in [0.3, 0.4) is 0 Å². The average Bonchev–Trinajstić information content (AvgIpc) is 2.80. The van der Waals surface area contributed by atoms with Crippen molar-refractivity contribution in [3.05, 3.63) is 131 Å². The number of ether oxygens (including phenoxy) is 1. The maximum Gasteiger partial charge on any atom is 0.199 e. The molecule has 0 saturated heterocycles. The molecule has 4 aromatic carbocycles. The Kier molecular flexibility index (Phi) is 5.67. The van der Waals surface area contributed by atoms with E-state index < -0.39 is 23.2 Å². The second-order valence-electron chi connectivity index (χ2n) is 6.71. The van der Waals surface area contributed by atoms with Crippen LogP contribution in [0, 0.1) is 11.6 Å². The Morgan fingerprint density at radius 1 is 0.484 bits per heavy atom. The van der Waals surface area contributed by atoms with Crippen molar-refractivity contribution >= 4 is 11.6 Å². The van der Waals surface area contributed by atoms with Gasteiger partial charge >= 0.3 is 0 Å². The molecule has 0 aliphatic heterocycles. The molecule has 5 heteroatoms. The van der Waals surface area contributed by atoms with E-state index in [-0.39, 0.29) is 33.8 Å². The Bertz CT molecular complexity index is 1180. The van der Waals surface area contributed by atoms with Crippen LogP contribution < -0.4 is 4.74 Å². The summed E-state index contributed by atoms with van der Waals surface area (Å²) in [5, 5.41) is 0. The van der Waals surface area contributed by atoms with Crippen LogP contribution >= 0.6 is 0 Å². The molecule has 31 heavy (non-hydrogen) atoms. The van der Waals surface area contributed by atoms with Gasteiger partial charge in [-0.15, -0.1) is 0 Å². The number of carbonyl (C=O) groups excluding carboxylic acids is 2. The SMILES string of the molecule is O=C(c1ccccc1F)c1ccccc1Oc1ccccc1C(=O)c1ccccc1F. The van der Waals surface area contributed by atoms with Crippen molar-refractivity contribution in [1.29, 1.82) is 0 Å². The lowest BCUT2D eigenvalue weighted by molar-refractivity contribution is 0.102. The molecule has 0 aliphatic rings. The Labute approximate surface area is 177 Å². The van der Waals surface area contributed by atoms with Crippen LogP contribution in [0.15, 0.2) is 97.1 Å². The molecule has 3 nitrogen and oxygen atoms in total. The molecule has 4 aromatic rings. The summed E-state index contributed by atoms with van der Waals surface area (Å²) in [7, 11) is 0. The average molecular weight is 414 g/mol. The third kappa shape index (κ3) is 4.12. The smallest absolute Gasteiger partial charge is 0.199 e.